The molecule has 0 unspecified atom stereocenters. The van der Waals surface area contributed by atoms with Crippen LogP contribution in [0.1, 0.15) is 5.56 Å². The van der Waals surface area contributed by atoms with Gasteiger partial charge in [0.1, 0.15) is 0 Å². The van der Waals surface area contributed by atoms with Crippen LogP contribution >= 0.6 is 11.8 Å². The normalized spacial score (nSPS) is 11.4. The van der Waals surface area contributed by atoms with Crippen LogP contribution in [-0.4, -0.2) is 22.4 Å². The molecular formula is C10H10O3S. The Morgan fingerprint density at radius 3 is 2.29 bits per heavy atom. The van der Waals surface area contributed by atoms with Crippen molar-refractivity contribution < 1.29 is 15.0 Å². The SMILES string of the molecule is CSc1ccc(/C=C(\O)C(=O)O)cc1. The van der Waals surface area contributed by atoms with Gasteiger partial charge < -0.3 is 10.2 Å². The number of aliphatic carboxylic acids is 1. The molecule has 0 aromatic heterocycles. The highest BCUT2D eigenvalue weighted by atomic mass is 32.2. The van der Waals surface area contributed by atoms with Crippen LogP contribution in [0.5, 0.6) is 0 Å². The first-order chi connectivity index (χ1) is 6.63. The average molecular weight is 210 g/mol. The predicted octanol–water partition coefficient (Wildman–Crippen LogP) is 2.39. The lowest BCUT2D eigenvalue weighted by Crippen LogP contribution is -1.98. The van der Waals surface area contributed by atoms with E-state index in [9.17, 15) is 4.79 Å². The van der Waals surface area contributed by atoms with Crippen LogP contribution < -0.4 is 0 Å². The van der Waals surface area contributed by atoms with Gasteiger partial charge in [-0.2, -0.15) is 0 Å². The molecule has 0 fully saturated rings. The number of thioether (sulfide) groups is 1. The second-order valence-corrected chi connectivity index (χ2v) is 3.49. The monoisotopic (exact) mass is 210 g/mol. The van der Waals surface area contributed by atoms with E-state index in [1.54, 1.807) is 23.9 Å². The lowest BCUT2D eigenvalue weighted by atomic mass is 10.2. The van der Waals surface area contributed by atoms with E-state index in [1.165, 1.54) is 6.08 Å². The quantitative estimate of drug-likeness (QED) is 0.457. The van der Waals surface area contributed by atoms with Crippen molar-refractivity contribution in [1.29, 1.82) is 0 Å². The molecule has 0 saturated carbocycles. The maximum atomic E-state index is 10.3. The molecule has 0 aliphatic rings. The Morgan fingerprint density at radius 2 is 1.86 bits per heavy atom. The van der Waals surface area contributed by atoms with Crippen molar-refractivity contribution >= 4 is 23.8 Å². The minimum absolute atomic E-state index is 0.651. The Kier molecular flexibility index (Phi) is 3.59. The third-order valence-electron chi connectivity index (χ3n) is 1.64. The number of aliphatic hydroxyl groups excluding tert-OH is 1. The summed E-state index contributed by atoms with van der Waals surface area (Å²) in [6.45, 7) is 0. The van der Waals surface area contributed by atoms with E-state index in [0.717, 1.165) is 4.90 Å². The molecule has 3 nitrogen and oxygen atoms in total. The molecular weight excluding hydrogens is 200 g/mol. The zero-order chi connectivity index (χ0) is 10.6. The molecule has 14 heavy (non-hydrogen) atoms. The molecule has 4 heteroatoms. The van der Waals surface area contributed by atoms with Gasteiger partial charge in [0.05, 0.1) is 0 Å². The smallest absolute Gasteiger partial charge is 0.370 e. The average Bonchev–Trinajstić information content (AvgIpc) is 2.19. The lowest BCUT2D eigenvalue weighted by molar-refractivity contribution is -0.135. The van der Waals surface area contributed by atoms with Crippen molar-refractivity contribution in [1.82, 2.24) is 0 Å². The van der Waals surface area contributed by atoms with Gasteiger partial charge in [-0.3, -0.25) is 0 Å². The molecule has 74 valence electrons. The van der Waals surface area contributed by atoms with E-state index < -0.39 is 11.7 Å². The lowest BCUT2D eigenvalue weighted by Gasteiger charge is -1.97. The molecule has 2 N–H and O–H groups in total. The molecule has 0 aliphatic heterocycles. The fourth-order valence-corrected chi connectivity index (χ4v) is 1.33. The predicted molar refractivity (Wildman–Crippen MR) is 56.5 cm³/mol. The van der Waals surface area contributed by atoms with Crippen molar-refractivity contribution in [3.63, 3.8) is 0 Å². The van der Waals surface area contributed by atoms with E-state index in [0.29, 0.717) is 5.56 Å². The molecule has 0 atom stereocenters. The van der Waals surface area contributed by atoms with Gasteiger partial charge in [-0.15, -0.1) is 11.8 Å². The fraction of sp³-hybridized carbons (Fsp3) is 0.100. The zero-order valence-corrected chi connectivity index (χ0v) is 8.41. The van der Waals surface area contributed by atoms with E-state index >= 15 is 0 Å². The van der Waals surface area contributed by atoms with Gasteiger partial charge in [0, 0.05) is 4.90 Å². The van der Waals surface area contributed by atoms with E-state index in [1.807, 2.05) is 18.4 Å². The molecule has 0 amide bonds. The summed E-state index contributed by atoms with van der Waals surface area (Å²) in [7, 11) is 0. The van der Waals surface area contributed by atoms with Crippen molar-refractivity contribution in [3.8, 4) is 0 Å². The summed E-state index contributed by atoms with van der Waals surface area (Å²) < 4.78 is 0. The van der Waals surface area contributed by atoms with Gasteiger partial charge in [-0.25, -0.2) is 4.79 Å². The van der Waals surface area contributed by atoms with Crippen LogP contribution in [0.3, 0.4) is 0 Å². The minimum atomic E-state index is -1.32. The number of rotatable bonds is 3. The first-order valence-electron chi connectivity index (χ1n) is 3.91. The van der Waals surface area contributed by atoms with Crippen molar-refractivity contribution in [2.45, 2.75) is 4.90 Å². The highest BCUT2D eigenvalue weighted by Gasteiger charge is 2.02. The van der Waals surface area contributed by atoms with Gasteiger partial charge in [-0.1, -0.05) is 12.1 Å². The van der Waals surface area contributed by atoms with Gasteiger partial charge >= 0.3 is 5.97 Å². The molecule has 0 spiro atoms. The Bertz CT molecular complexity index is 354. The van der Waals surface area contributed by atoms with Gasteiger partial charge in [-0.05, 0) is 30.0 Å². The van der Waals surface area contributed by atoms with Gasteiger partial charge in [0.2, 0.25) is 5.76 Å². The van der Waals surface area contributed by atoms with Crippen LogP contribution in [0.2, 0.25) is 0 Å². The van der Waals surface area contributed by atoms with Crippen LogP contribution in [0.15, 0.2) is 34.9 Å². The van der Waals surface area contributed by atoms with Crippen LogP contribution in [0.4, 0.5) is 0 Å². The summed E-state index contributed by atoms with van der Waals surface area (Å²) >= 11 is 1.60. The second-order valence-electron chi connectivity index (χ2n) is 2.61. The summed E-state index contributed by atoms with van der Waals surface area (Å²) in [6, 6.07) is 7.24. The first kappa shape index (κ1) is 10.7. The summed E-state index contributed by atoms with van der Waals surface area (Å²) in [5.41, 5.74) is 0.669. The summed E-state index contributed by atoms with van der Waals surface area (Å²) in [4.78, 5) is 11.4. The number of hydrogen-bond donors (Lipinski definition) is 2. The highest BCUT2D eigenvalue weighted by molar-refractivity contribution is 7.98. The Morgan fingerprint density at radius 1 is 1.29 bits per heavy atom. The standard InChI is InChI=1S/C10H10O3S/c1-14-8-4-2-7(3-5-8)6-9(11)10(12)13/h2-6,11H,1H3,(H,12,13)/b9-6-. The molecule has 1 rings (SSSR count). The van der Waals surface area contributed by atoms with Gasteiger partial charge in [0.25, 0.3) is 0 Å². The van der Waals surface area contributed by atoms with Crippen LogP contribution in [0.25, 0.3) is 6.08 Å². The number of benzene rings is 1. The second kappa shape index (κ2) is 4.72. The topological polar surface area (TPSA) is 57.5 Å². The van der Waals surface area contributed by atoms with E-state index in [2.05, 4.69) is 0 Å². The van der Waals surface area contributed by atoms with Crippen molar-refractivity contribution in [3.05, 3.63) is 35.6 Å². The third-order valence-corrected chi connectivity index (χ3v) is 2.38. The minimum Gasteiger partial charge on any atom is -0.502 e. The number of carbonyl (C=O) groups is 1. The molecule has 1 aromatic rings. The number of carboxylic acids is 1. The number of hydrogen-bond acceptors (Lipinski definition) is 3. The molecule has 1 aromatic carbocycles. The number of aliphatic hydroxyl groups is 1. The van der Waals surface area contributed by atoms with Gasteiger partial charge in [0.15, 0.2) is 0 Å². The molecule has 0 heterocycles. The Balaban J connectivity index is 2.88. The summed E-state index contributed by atoms with van der Waals surface area (Å²) in [5, 5.41) is 17.4. The highest BCUT2D eigenvalue weighted by Crippen LogP contribution is 2.16. The molecule has 0 saturated heterocycles. The number of carboxylic acid groups (broad SMARTS) is 1. The summed E-state index contributed by atoms with van der Waals surface area (Å²) in [5.74, 6) is -1.97. The molecule has 0 bridgehead atoms. The van der Waals surface area contributed by atoms with Crippen molar-refractivity contribution in [2.24, 2.45) is 0 Å². The third kappa shape index (κ3) is 2.81. The van der Waals surface area contributed by atoms with E-state index in [-0.39, 0.29) is 0 Å². The maximum absolute atomic E-state index is 10.3. The maximum Gasteiger partial charge on any atom is 0.370 e. The Hall–Kier alpha value is -1.42. The van der Waals surface area contributed by atoms with E-state index in [4.69, 9.17) is 10.2 Å². The van der Waals surface area contributed by atoms with Crippen molar-refractivity contribution in [2.75, 3.05) is 6.26 Å². The molecule has 0 radical (unpaired) electrons. The molecule has 0 aliphatic carbocycles. The Labute approximate surface area is 86.1 Å². The fourth-order valence-electron chi connectivity index (χ4n) is 0.920. The first-order valence-corrected chi connectivity index (χ1v) is 5.14. The van der Waals surface area contributed by atoms with Crippen LogP contribution in [0, 0.1) is 0 Å². The van der Waals surface area contributed by atoms with Crippen LogP contribution in [-0.2, 0) is 4.79 Å². The zero-order valence-electron chi connectivity index (χ0n) is 7.60. The largest absolute Gasteiger partial charge is 0.502 e. The summed E-state index contributed by atoms with van der Waals surface area (Å²) in [6.07, 6.45) is 3.17.